The summed E-state index contributed by atoms with van der Waals surface area (Å²) in [6.45, 7) is 3.17. The Bertz CT molecular complexity index is 182. The summed E-state index contributed by atoms with van der Waals surface area (Å²) >= 11 is 0. The first-order valence-electron chi connectivity index (χ1n) is 5.34. The molecule has 0 radical (unpaired) electrons. The minimum atomic E-state index is 0.260. The molecule has 1 rings (SSSR count). The average molecular weight is 199 g/mol. The van der Waals surface area contributed by atoms with Gasteiger partial charge in [-0.1, -0.05) is 19.1 Å². The monoisotopic (exact) mass is 199 g/mol. The highest BCUT2D eigenvalue weighted by atomic mass is 16.5. The van der Waals surface area contributed by atoms with Crippen LogP contribution < -0.4 is 5.32 Å². The number of aliphatic hydroxyl groups excluding tert-OH is 1. The van der Waals surface area contributed by atoms with E-state index in [2.05, 4.69) is 24.4 Å². The lowest BCUT2D eigenvalue weighted by molar-refractivity contribution is 0.159. The molecule has 1 unspecified atom stereocenters. The van der Waals surface area contributed by atoms with E-state index >= 15 is 0 Å². The maximum Gasteiger partial charge on any atom is 0.0615 e. The lowest BCUT2D eigenvalue weighted by Gasteiger charge is -2.20. The Labute approximate surface area is 86.2 Å². The van der Waals surface area contributed by atoms with Crippen molar-refractivity contribution in [1.82, 2.24) is 5.32 Å². The predicted molar refractivity (Wildman–Crippen MR) is 57.2 cm³/mol. The molecule has 3 heteroatoms. The van der Waals surface area contributed by atoms with Gasteiger partial charge in [-0.15, -0.1) is 0 Å². The molecule has 1 aliphatic rings. The van der Waals surface area contributed by atoms with E-state index in [0.29, 0.717) is 18.0 Å². The second-order valence-electron chi connectivity index (χ2n) is 3.90. The number of hydrogen-bond donors (Lipinski definition) is 2. The zero-order valence-corrected chi connectivity index (χ0v) is 9.07. The van der Waals surface area contributed by atoms with Crippen LogP contribution in [0.4, 0.5) is 0 Å². The molecule has 2 N–H and O–H groups in total. The predicted octanol–water partition coefficient (Wildman–Crippen LogP) is 0.938. The molecule has 0 bridgehead atoms. The Morgan fingerprint density at radius 3 is 2.86 bits per heavy atom. The Hall–Kier alpha value is -0.380. The van der Waals surface area contributed by atoms with Gasteiger partial charge in [-0.25, -0.2) is 0 Å². The standard InChI is InChI=1S/C11H21NO2/c1-3-10(8-14-2)12-11-5-4-9(6-11)7-13/h4-5,9-13H,3,6-8H2,1-2H3/t9-,10?,11+/m0/s1. The Kier molecular flexibility index (Phi) is 5.15. The largest absolute Gasteiger partial charge is 0.396 e. The second kappa shape index (κ2) is 6.17. The van der Waals surface area contributed by atoms with E-state index in [-0.39, 0.29) is 6.61 Å². The molecule has 82 valence electrons. The summed E-state index contributed by atoms with van der Waals surface area (Å²) in [5, 5.41) is 12.5. The third-order valence-electron chi connectivity index (χ3n) is 2.72. The van der Waals surface area contributed by atoms with Crippen molar-refractivity contribution in [1.29, 1.82) is 0 Å². The van der Waals surface area contributed by atoms with Gasteiger partial charge >= 0.3 is 0 Å². The molecule has 0 saturated heterocycles. The van der Waals surface area contributed by atoms with E-state index in [1.807, 2.05) is 0 Å². The molecule has 0 aromatic heterocycles. The van der Waals surface area contributed by atoms with E-state index in [1.54, 1.807) is 7.11 Å². The van der Waals surface area contributed by atoms with E-state index < -0.39 is 0 Å². The lowest BCUT2D eigenvalue weighted by Crippen LogP contribution is -2.39. The van der Waals surface area contributed by atoms with Crippen molar-refractivity contribution in [3.05, 3.63) is 12.2 Å². The highest BCUT2D eigenvalue weighted by Crippen LogP contribution is 2.17. The van der Waals surface area contributed by atoms with Gasteiger partial charge in [-0.2, -0.15) is 0 Å². The Morgan fingerprint density at radius 2 is 2.36 bits per heavy atom. The van der Waals surface area contributed by atoms with Crippen LogP contribution >= 0.6 is 0 Å². The number of ether oxygens (including phenoxy) is 1. The van der Waals surface area contributed by atoms with Gasteiger partial charge in [0.2, 0.25) is 0 Å². The molecule has 0 aliphatic heterocycles. The molecule has 0 fully saturated rings. The molecule has 0 aromatic rings. The lowest BCUT2D eigenvalue weighted by atomic mass is 10.1. The molecule has 0 saturated carbocycles. The highest BCUT2D eigenvalue weighted by molar-refractivity contribution is 5.06. The minimum Gasteiger partial charge on any atom is -0.396 e. The van der Waals surface area contributed by atoms with Crippen LogP contribution in [0.25, 0.3) is 0 Å². The fraction of sp³-hybridized carbons (Fsp3) is 0.818. The molecule has 3 nitrogen and oxygen atoms in total. The van der Waals surface area contributed by atoms with Gasteiger partial charge in [0, 0.05) is 31.7 Å². The maximum atomic E-state index is 8.97. The SMILES string of the molecule is CCC(COC)N[C@@H]1C=C[C@H](CO)C1. The Morgan fingerprint density at radius 1 is 1.57 bits per heavy atom. The maximum absolute atomic E-state index is 8.97. The van der Waals surface area contributed by atoms with Gasteiger partial charge in [0.15, 0.2) is 0 Å². The summed E-state index contributed by atoms with van der Waals surface area (Å²) in [6.07, 6.45) is 6.33. The zero-order valence-electron chi connectivity index (χ0n) is 9.07. The van der Waals surface area contributed by atoms with Crippen LogP contribution in [-0.2, 0) is 4.74 Å². The molecule has 0 spiro atoms. The summed E-state index contributed by atoms with van der Waals surface area (Å²) in [7, 11) is 1.73. The van der Waals surface area contributed by atoms with Crippen LogP contribution in [-0.4, -0.2) is 37.5 Å². The summed E-state index contributed by atoms with van der Waals surface area (Å²) < 4.78 is 5.12. The van der Waals surface area contributed by atoms with E-state index in [1.165, 1.54) is 0 Å². The van der Waals surface area contributed by atoms with Crippen LogP contribution in [0.2, 0.25) is 0 Å². The van der Waals surface area contributed by atoms with Gasteiger partial charge in [0.25, 0.3) is 0 Å². The summed E-state index contributed by atoms with van der Waals surface area (Å²) in [6, 6.07) is 0.833. The van der Waals surface area contributed by atoms with Gasteiger partial charge < -0.3 is 15.2 Å². The molecule has 14 heavy (non-hydrogen) atoms. The molecule has 1 aliphatic carbocycles. The third-order valence-corrected chi connectivity index (χ3v) is 2.72. The van der Waals surface area contributed by atoms with Crippen molar-refractivity contribution in [2.75, 3.05) is 20.3 Å². The number of methoxy groups -OCH3 is 1. The fourth-order valence-corrected chi connectivity index (χ4v) is 1.82. The van der Waals surface area contributed by atoms with Gasteiger partial charge in [0.05, 0.1) is 6.61 Å². The molecule has 0 heterocycles. The second-order valence-corrected chi connectivity index (χ2v) is 3.90. The van der Waals surface area contributed by atoms with E-state index in [9.17, 15) is 0 Å². The van der Waals surface area contributed by atoms with Crippen molar-refractivity contribution < 1.29 is 9.84 Å². The molecular weight excluding hydrogens is 178 g/mol. The topological polar surface area (TPSA) is 41.5 Å². The zero-order chi connectivity index (χ0) is 10.4. The average Bonchev–Trinajstić information content (AvgIpc) is 2.65. The number of hydrogen-bond acceptors (Lipinski definition) is 3. The first-order valence-corrected chi connectivity index (χ1v) is 5.34. The van der Waals surface area contributed by atoms with Crippen LogP contribution in [0.5, 0.6) is 0 Å². The summed E-state index contributed by atoms with van der Waals surface area (Å²) in [5.41, 5.74) is 0. The Balaban J connectivity index is 2.27. The van der Waals surface area contributed by atoms with Gasteiger partial charge in [-0.05, 0) is 12.8 Å². The third kappa shape index (κ3) is 3.40. The number of aliphatic hydroxyl groups is 1. The van der Waals surface area contributed by atoms with Crippen molar-refractivity contribution in [2.45, 2.75) is 31.8 Å². The van der Waals surface area contributed by atoms with E-state index in [0.717, 1.165) is 19.4 Å². The first-order chi connectivity index (χ1) is 6.80. The number of rotatable bonds is 6. The van der Waals surface area contributed by atoms with Gasteiger partial charge in [0.1, 0.15) is 0 Å². The molecule has 0 aromatic carbocycles. The molecular formula is C11H21NO2. The van der Waals surface area contributed by atoms with Crippen LogP contribution in [0.3, 0.4) is 0 Å². The quantitative estimate of drug-likeness (QED) is 0.626. The van der Waals surface area contributed by atoms with Crippen LogP contribution in [0.1, 0.15) is 19.8 Å². The first kappa shape index (κ1) is 11.7. The summed E-state index contributed by atoms with van der Waals surface area (Å²) in [4.78, 5) is 0. The molecule has 0 amide bonds. The van der Waals surface area contributed by atoms with Crippen molar-refractivity contribution >= 4 is 0 Å². The van der Waals surface area contributed by atoms with Crippen LogP contribution in [0, 0.1) is 5.92 Å². The van der Waals surface area contributed by atoms with E-state index in [4.69, 9.17) is 9.84 Å². The minimum absolute atomic E-state index is 0.260. The summed E-state index contributed by atoms with van der Waals surface area (Å²) in [5.74, 6) is 0.340. The molecule has 3 atom stereocenters. The van der Waals surface area contributed by atoms with Crippen molar-refractivity contribution in [2.24, 2.45) is 5.92 Å². The van der Waals surface area contributed by atoms with Gasteiger partial charge in [-0.3, -0.25) is 0 Å². The number of nitrogens with one attached hydrogen (secondary N) is 1. The van der Waals surface area contributed by atoms with Crippen LogP contribution in [0.15, 0.2) is 12.2 Å². The fourth-order valence-electron chi connectivity index (χ4n) is 1.82. The van der Waals surface area contributed by atoms with Crippen molar-refractivity contribution in [3.8, 4) is 0 Å². The van der Waals surface area contributed by atoms with Crippen molar-refractivity contribution in [3.63, 3.8) is 0 Å². The highest BCUT2D eigenvalue weighted by Gasteiger charge is 2.19. The smallest absolute Gasteiger partial charge is 0.0615 e. The normalized spacial score (nSPS) is 28.2.